The molecule has 0 saturated carbocycles. The lowest BCUT2D eigenvalue weighted by molar-refractivity contribution is -0.0109. The fourth-order valence-electron chi connectivity index (χ4n) is 0.701. The van der Waals surface area contributed by atoms with Gasteiger partial charge in [-0.25, -0.2) is 0 Å². The number of nitrogens with zero attached hydrogens (tertiary/aromatic N) is 1. The van der Waals surface area contributed by atoms with Gasteiger partial charge >= 0.3 is 0 Å². The van der Waals surface area contributed by atoms with Crippen molar-refractivity contribution in [2.75, 3.05) is 12.3 Å². The van der Waals surface area contributed by atoms with Gasteiger partial charge in [-0.1, -0.05) is 17.7 Å². The number of anilines is 1. The summed E-state index contributed by atoms with van der Waals surface area (Å²) in [6.45, 7) is 0. The Balaban J connectivity index is 2.86. The monoisotopic (exact) mass is 173 g/mol. The molecule has 4 heteroatoms. The maximum Gasteiger partial charge on any atom is 0.0959 e. The fraction of sp³-hybridized carbons (Fsp3) is 0.143. The van der Waals surface area contributed by atoms with Gasteiger partial charge in [-0.05, 0) is 18.2 Å². The van der Waals surface area contributed by atoms with E-state index in [4.69, 9.17) is 16.8 Å². The molecule has 1 rings (SSSR count). The van der Waals surface area contributed by atoms with Crippen molar-refractivity contribution in [3.63, 3.8) is 0 Å². The van der Waals surface area contributed by atoms with Gasteiger partial charge in [0.25, 0.3) is 0 Å². The van der Waals surface area contributed by atoms with E-state index in [-0.39, 0.29) is 0 Å². The Labute approximate surface area is 69.7 Å². The molecule has 1 aromatic carbocycles. The summed E-state index contributed by atoms with van der Waals surface area (Å²) in [5.41, 5.74) is 0.500. The molecule has 0 heterocycles. The highest BCUT2D eigenvalue weighted by atomic mass is 35.5. The quantitative estimate of drug-likeness (QED) is 0.696. The van der Waals surface area contributed by atoms with E-state index in [1.807, 2.05) is 0 Å². The van der Waals surface area contributed by atoms with Gasteiger partial charge in [0.1, 0.15) is 0 Å². The van der Waals surface area contributed by atoms with E-state index < -0.39 is 0 Å². The molecular weight excluding hydrogens is 166 g/mol. The number of hydrogen-bond donors (Lipinski definition) is 1. The van der Waals surface area contributed by atoms with Gasteiger partial charge in [-0.2, -0.15) is 0 Å². The summed E-state index contributed by atoms with van der Waals surface area (Å²) in [5.74, 6) is 0. The summed E-state index contributed by atoms with van der Waals surface area (Å²) in [6.07, 6.45) is 0. The van der Waals surface area contributed by atoms with Crippen LogP contribution >= 0.6 is 11.6 Å². The lowest BCUT2D eigenvalue weighted by Gasteiger charge is -2.12. The summed E-state index contributed by atoms with van der Waals surface area (Å²) < 4.78 is 0. The summed E-state index contributed by atoms with van der Waals surface area (Å²) in [5, 5.41) is 10.2. The van der Waals surface area contributed by atoms with Gasteiger partial charge in [0.2, 0.25) is 0 Å². The SMILES string of the molecule is CON(O)c1cccc(Cl)c1. The standard InChI is InChI=1S/C7H8ClNO2/c1-11-9(10)7-4-2-3-6(8)5-7/h2-5,10H,1H3. The first-order chi connectivity index (χ1) is 5.24. The minimum atomic E-state index is 0.500. The molecule has 1 aromatic rings. The van der Waals surface area contributed by atoms with Gasteiger partial charge in [-0.3, -0.25) is 10.0 Å². The number of hydrogen-bond acceptors (Lipinski definition) is 3. The second kappa shape index (κ2) is 3.57. The third kappa shape index (κ3) is 2.08. The Bertz CT molecular complexity index is 242. The van der Waals surface area contributed by atoms with Gasteiger partial charge < -0.3 is 0 Å². The Kier molecular flexibility index (Phi) is 2.70. The molecule has 0 aliphatic rings. The van der Waals surface area contributed by atoms with Gasteiger partial charge in [0.05, 0.1) is 12.8 Å². The lowest BCUT2D eigenvalue weighted by Crippen LogP contribution is -2.15. The highest BCUT2D eigenvalue weighted by Gasteiger charge is 1.99. The smallest absolute Gasteiger partial charge is 0.0959 e. The second-order valence-corrected chi connectivity index (χ2v) is 2.37. The van der Waals surface area contributed by atoms with Crippen LogP contribution in [0.3, 0.4) is 0 Å². The van der Waals surface area contributed by atoms with Crippen LogP contribution < -0.4 is 5.23 Å². The van der Waals surface area contributed by atoms with Crippen molar-refractivity contribution in [1.29, 1.82) is 0 Å². The third-order valence-corrected chi connectivity index (χ3v) is 1.44. The van der Waals surface area contributed by atoms with E-state index in [1.165, 1.54) is 7.11 Å². The zero-order valence-electron chi connectivity index (χ0n) is 5.99. The van der Waals surface area contributed by atoms with Crippen LogP contribution in [0.4, 0.5) is 5.69 Å². The Morgan fingerprint density at radius 3 is 2.82 bits per heavy atom. The van der Waals surface area contributed by atoms with Crippen molar-refractivity contribution in [3.05, 3.63) is 29.3 Å². The second-order valence-electron chi connectivity index (χ2n) is 1.94. The highest BCUT2D eigenvalue weighted by molar-refractivity contribution is 6.30. The van der Waals surface area contributed by atoms with Crippen LogP contribution in [0.5, 0.6) is 0 Å². The average molecular weight is 174 g/mol. The summed E-state index contributed by atoms with van der Waals surface area (Å²) >= 11 is 5.65. The average Bonchev–Trinajstić information content (AvgIpc) is 2.03. The number of halogens is 1. The molecule has 60 valence electrons. The minimum Gasteiger partial charge on any atom is -0.264 e. The van der Waals surface area contributed by atoms with Crippen LogP contribution in [0, 0.1) is 0 Å². The molecule has 0 saturated heterocycles. The normalized spacial score (nSPS) is 9.73. The molecule has 0 unspecified atom stereocenters. The maximum absolute atomic E-state index is 9.01. The molecular formula is C7H8ClNO2. The predicted octanol–water partition coefficient (Wildman–Crippen LogP) is 2.10. The van der Waals surface area contributed by atoms with E-state index in [1.54, 1.807) is 24.3 Å². The molecule has 0 atom stereocenters. The number of rotatable bonds is 2. The van der Waals surface area contributed by atoms with E-state index >= 15 is 0 Å². The van der Waals surface area contributed by atoms with E-state index in [9.17, 15) is 0 Å². The van der Waals surface area contributed by atoms with Crippen LogP contribution in [0.2, 0.25) is 5.02 Å². The summed E-state index contributed by atoms with van der Waals surface area (Å²) in [7, 11) is 1.36. The highest BCUT2D eigenvalue weighted by Crippen LogP contribution is 2.17. The molecule has 0 fully saturated rings. The fourth-order valence-corrected chi connectivity index (χ4v) is 0.885. The molecule has 0 amide bonds. The summed E-state index contributed by atoms with van der Waals surface area (Å²) in [4.78, 5) is 4.52. The Morgan fingerprint density at radius 2 is 2.27 bits per heavy atom. The molecule has 0 aliphatic carbocycles. The van der Waals surface area contributed by atoms with Crippen molar-refractivity contribution in [2.24, 2.45) is 0 Å². The van der Waals surface area contributed by atoms with Crippen molar-refractivity contribution < 1.29 is 10.0 Å². The van der Waals surface area contributed by atoms with E-state index in [0.717, 1.165) is 0 Å². The molecule has 11 heavy (non-hydrogen) atoms. The van der Waals surface area contributed by atoms with Gasteiger partial charge in [-0.15, -0.1) is 5.23 Å². The first-order valence-corrected chi connectivity index (χ1v) is 3.40. The van der Waals surface area contributed by atoms with Crippen LogP contribution in [-0.2, 0) is 4.84 Å². The minimum absolute atomic E-state index is 0.500. The van der Waals surface area contributed by atoms with Crippen molar-refractivity contribution >= 4 is 17.3 Å². The summed E-state index contributed by atoms with van der Waals surface area (Å²) in [6, 6.07) is 6.70. The predicted molar refractivity (Wildman–Crippen MR) is 42.7 cm³/mol. The zero-order valence-corrected chi connectivity index (χ0v) is 6.75. The molecule has 0 aromatic heterocycles. The Hall–Kier alpha value is -0.770. The topological polar surface area (TPSA) is 32.7 Å². The molecule has 0 spiro atoms. The van der Waals surface area contributed by atoms with Gasteiger partial charge in [0.15, 0.2) is 0 Å². The van der Waals surface area contributed by atoms with E-state index in [0.29, 0.717) is 15.9 Å². The lowest BCUT2D eigenvalue weighted by atomic mass is 10.3. The van der Waals surface area contributed by atoms with Crippen molar-refractivity contribution in [3.8, 4) is 0 Å². The largest absolute Gasteiger partial charge is 0.264 e. The van der Waals surface area contributed by atoms with Crippen LogP contribution in [0.1, 0.15) is 0 Å². The van der Waals surface area contributed by atoms with Crippen molar-refractivity contribution in [2.45, 2.75) is 0 Å². The molecule has 0 radical (unpaired) electrons. The van der Waals surface area contributed by atoms with E-state index in [2.05, 4.69) is 4.84 Å². The molecule has 1 N–H and O–H groups in total. The molecule has 0 aliphatic heterocycles. The first kappa shape index (κ1) is 8.33. The first-order valence-electron chi connectivity index (χ1n) is 3.02. The third-order valence-electron chi connectivity index (χ3n) is 1.20. The molecule has 3 nitrogen and oxygen atoms in total. The van der Waals surface area contributed by atoms with Gasteiger partial charge in [0, 0.05) is 5.02 Å². The molecule has 0 bridgehead atoms. The maximum atomic E-state index is 9.01. The number of benzene rings is 1. The van der Waals surface area contributed by atoms with Crippen LogP contribution in [0.15, 0.2) is 24.3 Å². The van der Waals surface area contributed by atoms with Crippen LogP contribution in [-0.4, -0.2) is 12.3 Å². The van der Waals surface area contributed by atoms with Crippen molar-refractivity contribution in [1.82, 2.24) is 0 Å². The van der Waals surface area contributed by atoms with Crippen LogP contribution in [0.25, 0.3) is 0 Å². The zero-order chi connectivity index (χ0) is 8.27. The Morgan fingerprint density at radius 1 is 1.55 bits per heavy atom.